The number of halogens is 1. The Bertz CT molecular complexity index is 1160. The van der Waals surface area contributed by atoms with Crippen molar-refractivity contribution in [1.29, 1.82) is 0 Å². The van der Waals surface area contributed by atoms with Gasteiger partial charge in [-0.2, -0.15) is 4.99 Å². The van der Waals surface area contributed by atoms with Crippen LogP contribution in [0, 0.1) is 12.3 Å². The van der Waals surface area contributed by atoms with E-state index < -0.39 is 5.91 Å². The Hall–Kier alpha value is -2.95. The molecule has 0 aliphatic carbocycles. The van der Waals surface area contributed by atoms with Crippen molar-refractivity contribution >= 4 is 39.1 Å². The minimum absolute atomic E-state index is 0.244. The van der Waals surface area contributed by atoms with Gasteiger partial charge in [0.15, 0.2) is 16.3 Å². The van der Waals surface area contributed by atoms with Gasteiger partial charge >= 0.3 is 0 Å². The average molecular weight is 417 g/mol. The largest absolute Gasteiger partial charge is 0.496 e. The molecule has 0 atom stereocenters. The van der Waals surface area contributed by atoms with Crippen molar-refractivity contribution < 1.29 is 19.0 Å². The standard InChI is InChI=1S/C20H17ClN2O4S/c1-5-8-23-14-10-16(26-3)17(27-4)11-18(14)28-20(23)22-19(24)13-9-12(21)6-7-15(13)25-2/h1,6-7,9-11H,8H2,2-4H3. The van der Waals surface area contributed by atoms with Crippen LogP contribution < -0.4 is 19.0 Å². The molecule has 0 bridgehead atoms. The molecule has 0 fully saturated rings. The van der Waals surface area contributed by atoms with E-state index in [4.69, 9.17) is 32.2 Å². The van der Waals surface area contributed by atoms with Crippen LogP contribution in [-0.4, -0.2) is 31.8 Å². The number of amides is 1. The Balaban J connectivity index is 2.22. The lowest BCUT2D eigenvalue weighted by molar-refractivity contribution is 0.0995. The molecule has 1 heterocycles. The average Bonchev–Trinajstić information content (AvgIpc) is 3.03. The third-order valence-electron chi connectivity index (χ3n) is 4.03. The quantitative estimate of drug-likeness (QED) is 0.594. The highest BCUT2D eigenvalue weighted by Crippen LogP contribution is 2.33. The smallest absolute Gasteiger partial charge is 0.283 e. The van der Waals surface area contributed by atoms with Crippen LogP contribution in [0.1, 0.15) is 10.4 Å². The molecular weight excluding hydrogens is 400 g/mol. The van der Waals surface area contributed by atoms with Gasteiger partial charge in [0.2, 0.25) is 0 Å². The van der Waals surface area contributed by atoms with Crippen molar-refractivity contribution in [3.05, 3.63) is 45.7 Å². The lowest BCUT2D eigenvalue weighted by atomic mass is 10.2. The number of terminal acetylenes is 1. The minimum atomic E-state index is -0.476. The highest BCUT2D eigenvalue weighted by Gasteiger charge is 2.15. The zero-order valence-corrected chi connectivity index (χ0v) is 17.1. The highest BCUT2D eigenvalue weighted by molar-refractivity contribution is 7.16. The molecule has 28 heavy (non-hydrogen) atoms. The molecular formula is C20H17ClN2O4S. The number of fused-ring (bicyclic) bond motifs is 1. The monoisotopic (exact) mass is 416 g/mol. The van der Waals surface area contributed by atoms with Gasteiger partial charge in [-0.25, -0.2) is 0 Å². The van der Waals surface area contributed by atoms with Crippen molar-refractivity contribution in [1.82, 2.24) is 4.57 Å². The minimum Gasteiger partial charge on any atom is -0.496 e. The van der Waals surface area contributed by atoms with Crippen LogP contribution >= 0.6 is 22.9 Å². The van der Waals surface area contributed by atoms with E-state index in [1.165, 1.54) is 24.5 Å². The molecule has 1 aromatic heterocycles. The second kappa shape index (κ2) is 8.38. The number of methoxy groups -OCH3 is 3. The number of carbonyl (C=O) groups is 1. The van der Waals surface area contributed by atoms with Gasteiger partial charge in [-0.3, -0.25) is 4.79 Å². The summed E-state index contributed by atoms with van der Waals surface area (Å²) in [7, 11) is 4.60. The van der Waals surface area contributed by atoms with Crippen LogP contribution in [0.5, 0.6) is 17.2 Å². The second-order valence-electron chi connectivity index (χ2n) is 5.61. The Morgan fingerprint density at radius 3 is 2.46 bits per heavy atom. The molecule has 0 saturated heterocycles. The summed E-state index contributed by atoms with van der Waals surface area (Å²) in [5.74, 6) is 3.66. The highest BCUT2D eigenvalue weighted by atomic mass is 35.5. The van der Waals surface area contributed by atoms with Crippen molar-refractivity contribution in [2.75, 3.05) is 21.3 Å². The lowest BCUT2D eigenvalue weighted by Gasteiger charge is -2.08. The van der Waals surface area contributed by atoms with Crippen LogP contribution in [0.15, 0.2) is 35.3 Å². The molecule has 3 aromatic rings. The van der Waals surface area contributed by atoms with Crippen LogP contribution in [0.4, 0.5) is 0 Å². The van der Waals surface area contributed by atoms with Gasteiger partial charge < -0.3 is 18.8 Å². The van der Waals surface area contributed by atoms with E-state index >= 15 is 0 Å². The fourth-order valence-electron chi connectivity index (χ4n) is 2.72. The van der Waals surface area contributed by atoms with Gasteiger partial charge in [-0.1, -0.05) is 28.9 Å². The Kier molecular flexibility index (Phi) is 5.93. The maximum atomic E-state index is 12.8. The first-order chi connectivity index (χ1) is 13.5. The number of aromatic nitrogens is 1. The fraction of sp³-hybridized carbons (Fsp3) is 0.200. The van der Waals surface area contributed by atoms with Gasteiger partial charge in [0, 0.05) is 17.2 Å². The third-order valence-corrected chi connectivity index (χ3v) is 5.30. The zero-order chi connectivity index (χ0) is 20.3. The fourth-order valence-corrected chi connectivity index (χ4v) is 3.93. The summed E-state index contributed by atoms with van der Waals surface area (Å²) >= 11 is 7.35. The van der Waals surface area contributed by atoms with Crippen molar-refractivity contribution in [2.45, 2.75) is 6.54 Å². The topological polar surface area (TPSA) is 62.1 Å². The van der Waals surface area contributed by atoms with Crippen LogP contribution in [-0.2, 0) is 6.54 Å². The predicted octanol–water partition coefficient (Wildman–Crippen LogP) is 3.76. The molecule has 3 rings (SSSR count). The molecule has 144 valence electrons. The molecule has 8 heteroatoms. The van der Waals surface area contributed by atoms with E-state index in [0.717, 1.165) is 10.2 Å². The summed E-state index contributed by atoms with van der Waals surface area (Å²) in [5, 5.41) is 0.418. The molecule has 0 radical (unpaired) electrons. The number of hydrogen-bond acceptors (Lipinski definition) is 5. The van der Waals surface area contributed by atoms with Gasteiger partial charge in [0.05, 0.1) is 43.7 Å². The summed E-state index contributed by atoms with van der Waals surface area (Å²) in [5.41, 5.74) is 1.07. The first-order valence-electron chi connectivity index (χ1n) is 8.13. The van der Waals surface area contributed by atoms with E-state index in [1.807, 2.05) is 12.1 Å². The summed E-state index contributed by atoms with van der Waals surface area (Å²) in [6, 6.07) is 8.44. The van der Waals surface area contributed by atoms with Crippen LogP contribution in [0.25, 0.3) is 10.2 Å². The number of nitrogens with zero attached hydrogens (tertiary/aromatic N) is 2. The molecule has 0 N–H and O–H groups in total. The Morgan fingerprint density at radius 2 is 1.82 bits per heavy atom. The first-order valence-corrected chi connectivity index (χ1v) is 9.33. The van der Waals surface area contributed by atoms with Gasteiger partial charge in [0.25, 0.3) is 5.91 Å². The van der Waals surface area contributed by atoms with E-state index in [0.29, 0.717) is 27.1 Å². The maximum Gasteiger partial charge on any atom is 0.283 e. The SMILES string of the molecule is C#CCn1c(=NC(=O)c2cc(Cl)ccc2OC)sc2cc(OC)c(OC)cc21. The summed E-state index contributed by atoms with van der Waals surface area (Å²) < 4.78 is 18.6. The first kappa shape index (κ1) is 19.8. The summed E-state index contributed by atoms with van der Waals surface area (Å²) in [6.45, 7) is 0.244. The molecule has 6 nitrogen and oxygen atoms in total. The number of rotatable bonds is 5. The van der Waals surface area contributed by atoms with E-state index in [1.54, 1.807) is 30.9 Å². The zero-order valence-electron chi connectivity index (χ0n) is 15.5. The molecule has 0 aliphatic rings. The lowest BCUT2D eigenvalue weighted by Crippen LogP contribution is -2.16. The normalized spacial score (nSPS) is 11.3. The van der Waals surface area contributed by atoms with Gasteiger partial charge in [-0.05, 0) is 18.2 Å². The van der Waals surface area contributed by atoms with Gasteiger partial charge in [0.1, 0.15) is 5.75 Å². The molecule has 0 aliphatic heterocycles. The second-order valence-corrected chi connectivity index (χ2v) is 7.06. The molecule has 0 saturated carbocycles. The summed E-state index contributed by atoms with van der Waals surface area (Å²) in [4.78, 5) is 17.5. The molecule has 2 aromatic carbocycles. The molecule has 0 unspecified atom stereocenters. The maximum absolute atomic E-state index is 12.8. The Morgan fingerprint density at radius 1 is 1.14 bits per heavy atom. The number of thiazole rings is 1. The molecule has 0 spiro atoms. The van der Waals surface area contributed by atoms with Gasteiger partial charge in [-0.15, -0.1) is 6.42 Å². The van der Waals surface area contributed by atoms with E-state index in [-0.39, 0.29) is 12.1 Å². The van der Waals surface area contributed by atoms with Crippen molar-refractivity contribution in [3.8, 4) is 29.6 Å². The predicted molar refractivity (Wildman–Crippen MR) is 110 cm³/mol. The number of carbonyl (C=O) groups excluding carboxylic acids is 1. The van der Waals surface area contributed by atoms with E-state index in [2.05, 4.69) is 10.9 Å². The third kappa shape index (κ3) is 3.70. The molecule has 1 amide bonds. The number of benzene rings is 2. The van der Waals surface area contributed by atoms with Crippen molar-refractivity contribution in [2.24, 2.45) is 4.99 Å². The number of ether oxygens (including phenoxy) is 3. The van der Waals surface area contributed by atoms with Crippen LogP contribution in [0.3, 0.4) is 0 Å². The van der Waals surface area contributed by atoms with E-state index in [9.17, 15) is 4.79 Å². The van der Waals surface area contributed by atoms with Crippen LogP contribution in [0.2, 0.25) is 5.02 Å². The summed E-state index contributed by atoms with van der Waals surface area (Å²) in [6.07, 6.45) is 5.53. The van der Waals surface area contributed by atoms with Crippen molar-refractivity contribution in [3.63, 3.8) is 0 Å². The number of hydrogen-bond donors (Lipinski definition) is 0. The Labute approximate surface area is 170 Å².